The van der Waals surface area contributed by atoms with E-state index in [2.05, 4.69) is 10.1 Å². The largest absolute Gasteiger partial charge is 0.484 e. The van der Waals surface area contributed by atoms with Gasteiger partial charge in [0.2, 0.25) is 0 Å². The second kappa shape index (κ2) is 5.45. The molecule has 1 aromatic carbocycles. The third-order valence-electron chi connectivity index (χ3n) is 3.17. The average Bonchev–Trinajstić information content (AvgIpc) is 3.17. The third-order valence-corrected chi connectivity index (χ3v) is 3.17. The van der Waals surface area contributed by atoms with E-state index >= 15 is 0 Å². The smallest absolute Gasteiger partial charge is 0.264 e. The van der Waals surface area contributed by atoms with Crippen molar-refractivity contribution in [3.8, 4) is 5.75 Å². The van der Waals surface area contributed by atoms with E-state index < -0.39 is 0 Å². The lowest BCUT2D eigenvalue weighted by molar-refractivity contribution is -0.116. The number of benzene rings is 1. The first-order valence-corrected chi connectivity index (χ1v) is 6.74. The lowest BCUT2D eigenvalue weighted by Crippen LogP contribution is -1.98. The zero-order valence-electron chi connectivity index (χ0n) is 11.3. The Labute approximate surface area is 116 Å². The summed E-state index contributed by atoms with van der Waals surface area (Å²) < 4.78 is 10.7. The number of Topliss-reactive ketones (excluding diaryl/α,β-unsaturated/α-hetero) is 1. The molecule has 0 radical (unpaired) electrons. The molecule has 0 N–H and O–H groups in total. The van der Waals surface area contributed by atoms with Gasteiger partial charge in [-0.05, 0) is 37.5 Å². The Balaban J connectivity index is 1.55. The summed E-state index contributed by atoms with van der Waals surface area (Å²) in [6.45, 7) is 1.85. The molecule has 5 nitrogen and oxygen atoms in total. The summed E-state index contributed by atoms with van der Waals surface area (Å²) in [5, 5.41) is 3.93. The van der Waals surface area contributed by atoms with Gasteiger partial charge in [-0.3, -0.25) is 4.79 Å². The van der Waals surface area contributed by atoms with Crippen molar-refractivity contribution in [2.24, 2.45) is 0 Å². The molecule has 2 aromatic rings. The van der Waals surface area contributed by atoms with Gasteiger partial charge in [0.15, 0.2) is 12.4 Å². The van der Waals surface area contributed by atoms with Crippen molar-refractivity contribution >= 4 is 5.78 Å². The molecule has 1 aliphatic rings. The van der Waals surface area contributed by atoms with Crippen LogP contribution in [0, 0.1) is 0 Å². The number of rotatable bonds is 6. The van der Waals surface area contributed by atoms with Gasteiger partial charge < -0.3 is 9.26 Å². The first-order chi connectivity index (χ1) is 9.70. The second-order valence-electron chi connectivity index (χ2n) is 5.13. The Morgan fingerprint density at radius 2 is 2.10 bits per heavy atom. The predicted octanol–water partition coefficient (Wildman–Crippen LogP) is 2.66. The fraction of sp³-hybridized carbons (Fsp3) is 0.400. The Bertz CT molecular complexity index is 600. The van der Waals surface area contributed by atoms with E-state index in [1.165, 1.54) is 0 Å². The molecule has 1 fully saturated rings. The molecule has 3 rings (SSSR count). The van der Waals surface area contributed by atoms with Crippen molar-refractivity contribution in [1.82, 2.24) is 10.1 Å². The zero-order chi connectivity index (χ0) is 13.9. The van der Waals surface area contributed by atoms with Crippen LogP contribution in [0.5, 0.6) is 5.75 Å². The quantitative estimate of drug-likeness (QED) is 0.808. The maximum Gasteiger partial charge on any atom is 0.264 e. The molecule has 0 atom stereocenters. The number of ether oxygens (including phenoxy) is 1. The summed E-state index contributed by atoms with van der Waals surface area (Å²) in [6, 6.07) is 7.47. The number of hydrogen-bond donors (Lipinski definition) is 0. The summed E-state index contributed by atoms with van der Waals surface area (Å²) in [6.07, 6.45) is 2.75. The molecule has 5 heteroatoms. The average molecular weight is 272 g/mol. The molecule has 0 aliphatic heterocycles. The van der Waals surface area contributed by atoms with E-state index in [9.17, 15) is 4.79 Å². The molecule has 0 spiro atoms. The molecule has 0 bridgehead atoms. The highest BCUT2D eigenvalue weighted by atomic mass is 16.5. The van der Waals surface area contributed by atoms with Gasteiger partial charge in [0.05, 0.1) is 0 Å². The third kappa shape index (κ3) is 3.23. The monoisotopic (exact) mass is 272 g/mol. The Morgan fingerprint density at radius 1 is 1.35 bits per heavy atom. The van der Waals surface area contributed by atoms with E-state index in [1.807, 2.05) is 24.3 Å². The van der Waals surface area contributed by atoms with Crippen molar-refractivity contribution in [3.05, 3.63) is 41.5 Å². The van der Waals surface area contributed by atoms with Gasteiger partial charge in [-0.25, -0.2) is 0 Å². The van der Waals surface area contributed by atoms with E-state index in [-0.39, 0.29) is 12.4 Å². The maximum absolute atomic E-state index is 11.0. The van der Waals surface area contributed by atoms with Crippen LogP contribution in [0.1, 0.15) is 43.0 Å². The number of nitrogens with zero attached hydrogens (tertiary/aromatic N) is 2. The van der Waals surface area contributed by atoms with Gasteiger partial charge in [-0.2, -0.15) is 4.98 Å². The molecule has 1 aliphatic carbocycles. The van der Waals surface area contributed by atoms with Crippen molar-refractivity contribution in [2.45, 2.75) is 38.7 Å². The molecule has 0 unspecified atom stereocenters. The Hall–Kier alpha value is -2.17. The molecular formula is C15H16N2O3. The lowest BCUT2D eigenvalue weighted by Gasteiger charge is -2.04. The van der Waals surface area contributed by atoms with Gasteiger partial charge in [0.25, 0.3) is 5.89 Å². The highest BCUT2D eigenvalue weighted by Crippen LogP contribution is 2.38. The normalized spacial score (nSPS) is 14.2. The van der Waals surface area contributed by atoms with Gasteiger partial charge in [-0.1, -0.05) is 17.3 Å². The molecule has 0 amide bonds. The van der Waals surface area contributed by atoms with Crippen molar-refractivity contribution in [1.29, 1.82) is 0 Å². The van der Waals surface area contributed by atoms with Crippen molar-refractivity contribution < 1.29 is 14.1 Å². The molecule has 0 saturated heterocycles. The first-order valence-electron chi connectivity index (χ1n) is 6.74. The van der Waals surface area contributed by atoms with Crippen LogP contribution < -0.4 is 4.74 Å². The summed E-state index contributed by atoms with van der Waals surface area (Å²) in [7, 11) is 0. The van der Waals surface area contributed by atoms with E-state index in [0.29, 0.717) is 18.2 Å². The summed E-state index contributed by atoms with van der Waals surface area (Å²) in [5.41, 5.74) is 0.985. The van der Waals surface area contributed by atoms with E-state index in [4.69, 9.17) is 9.26 Å². The maximum atomic E-state index is 11.0. The molecule has 1 aromatic heterocycles. The topological polar surface area (TPSA) is 65.2 Å². The van der Waals surface area contributed by atoms with Crippen LogP contribution in [0.15, 0.2) is 28.8 Å². The van der Waals surface area contributed by atoms with Crippen molar-refractivity contribution in [2.75, 3.05) is 0 Å². The lowest BCUT2D eigenvalue weighted by atomic mass is 10.1. The molecule has 1 saturated carbocycles. The highest BCUT2D eigenvalue weighted by molar-refractivity contribution is 5.78. The second-order valence-corrected chi connectivity index (χ2v) is 5.13. The molecule has 1 heterocycles. The minimum atomic E-state index is 0.150. The molecule has 20 heavy (non-hydrogen) atoms. The van der Waals surface area contributed by atoms with E-state index in [1.54, 1.807) is 6.92 Å². The first kappa shape index (κ1) is 12.8. The minimum Gasteiger partial charge on any atom is -0.484 e. The standard InChI is InChI=1S/C15H16N2O3/c1-10(18)8-11-2-6-13(7-3-11)19-9-14-16-15(17-20-14)12-4-5-12/h2-3,6-7,12H,4-5,8-9H2,1H3. The number of carbonyl (C=O) groups is 1. The van der Waals surface area contributed by atoms with Gasteiger partial charge in [0.1, 0.15) is 11.5 Å². The number of hydrogen-bond acceptors (Lipinski definition) is 5. The fourth-order valence-corrected chi connectivity index (χ4v) is 1.97. The molecule has 104 valence electrons. The molecular weight excluding hydrogens is 256 g/mol. The van der Waals surface area contributed by atoms with Gasteiger partial charge in [0, 0.05) is 12.3 Å². The zero-order valence-corrected chi connectivity index (χ0v) is 11.3. The van der Waals surface area contributed by atoms with E-state index in [0.717, 1.165) is 30.0 Å². The van der Waals surface area contributed by atoms with Crippen LogP contribution in [0.4, 0.5) is 0 Å². The summed E-state index contributed by atoms with van der Waals surface area (Å²) in [4.78, 5) is 15.3. The van der Waals surface area contributed by atoms with Gasteiger partial charge in [-0.15, -0.1) is 0 Å². The number of aromatic nitrogens is 2. The van der Waals surface area contributed by atoms with Crippen LogP contribution in [-0.4, -0.2) is 15.9 Å². The number of carbonyl (C=O) groups excluding carboxylic acids is 1. The Kier molecular flexibility index (Phi) is 3.50. The van der Waals surface area contributed by atoms with Crippen LogP contribution in [-0.2, 0) is 17.8 Å². The van der Waals surface area contributed by atoms with Crippen LogP contribution in [0.2, 0.25) is 0 Å². The summed E-state index contributed by atoms with van der Waals surface area (Å²) >= 11 is 0. The predicted molar refractivity (Wildman–Crippen MR) is 71.4 cm³/mol. The highest BCUT2D eigenvalue weighted by Gasteiger charge is 2.28. The van der Waals surface area contributed by atoms with Crippen LogP contribution in [0.3, 0.4) is 0 Å². The van der Waals surface area contributed by atoms with Crippen LogP contribution in [0.25, 0.3) is 0 Å². The van der Waals surface area contributed by atoms with Crippen LogP contribution >= 0.6 is 0 Å². The van der Waals surface area contributed by atoms with Crippen molar-refractivity contribution in [3.63, 3.8) is 0 Å². The number of ketones is 1. The fourth-order valence-electron chi connectivity index (χ4n) is 1.97. The Morgan fingerprint density at radius 3 is 2.75 bits per heavy atom. The van der Waals surface area contributed by atoms with Gasteiger partial charge >= 0.3 is 0 Å². The SMILES string of the molecule is CC(=O)Cc1ccc(OCc2nc(C3CC3)no2)cc1. The summed E-state index contributed by atoms with van der Waals surface area (Å²) in [5.74, 6) is 2.65. The minimum absolute atomic E-state index is 0.150.